The van der Waals surface area contributed by atoms with Gasteiger partial charge in [0.2, 0.25) is 0 Å². The third kappa shape index (κ3) is 4.71. The molecule has 0 N–H and O–H groups in total. The molecule has 1 heteroatoms. The fraction of sp³-hybridized carbons (Fsp3) is 0.429. The van der Waals surface area contributed by atoms with E-state index in [2.05, 4.69) is 37.5 Å². The van der Waals surface area contributed by atoms with Gasteiger partial charge in [-0.05, 0) is 42.6 Å². The van der Waals surface area contributed by atoms with Crippen LogP contribution in [-0.4, -0.2) is 12.2 Å². The number of rotatable bonds is 4. The molecule has 22 heavy (non-hydrogen) atoms. The highest BCUT2D eigenvalue weighted by Crippen LogP contribution is 2.43. The van der Waals surface area contributed by atoms with Gasteiger partial charge in [0, 0.05) is 0 Å². The van der Waals surface area contributed by atoms with E-state index in [1.54, 1.807) is 0 Å². The van der Waals surface area contributed by atoms with Crippen LogP contribution in [0.25, 0.3) is 0 Å². The Hall–Kier alpha value is -1.60. The van der Waals surface area contributed by atoms with Crippen molar-refractivity contribution >= 4 is 0 Å². The van der Waals surface area contributed by atoms with E-state index in [0.717, 1.165) is 6.42 Å². The first-order valence-corrected chi connectivity index (χ1v) is 8.38. The zero-order valence-electron chi connectivity index (χ0n) is 15.1. The zero-order valence-corrected chi connectivity index (χ0v) is 15.1. The molecule has 0 aromatic carbocycles. The Kier molecular flexibility index (Phi) is 10.2. The number of fused-ring (bicyclic) bond motifs is 1. The van der Waals surface area contributed by atoms with Gasteiger partial charge in [0.25, 0.3) is 0 Å². The molecular formula is C21H32O. The largest absolute Gasteiger partial charge is 0.359 e. The molecular weight excluding hydrogens is 268 g/mol. The molecule has 0 aromatic rings. The highest BCUT2D eigenvalue weighted by Gasteiger charge is 2.45. The van der Waals surface area contributed by atoms with Gasteiger partial charge in [-0.2, -0.15) is 0 Å². The molecule has 1 heterocycles. The van der Waals surface area contributed by atoms with Gasteiger partial charge in [0.1, 0.15) is 12.2 Å². The van der Waals surface area contributed by atoms with Gasteiger partial charge in [-0.15, -0.1) is 0 Å². The molecule has 0 bridgehead atoms. The Bertz CT molecular complexity index is 442. The molecule has 0 spiro atoms. The first-order valence-electron chi connectivity index (χ1n) is 8.38. The number of allylic oxidation sites excluding steroid dienone is 6. The van der Waals surface area contributed by atoms with Gasteiger partial charge in [0.05, 0.1) is 0 Å². The monoisotopic (exact) mass is 300 g/mol. The van der Waals surface area contributed by atoms with Gasteiger partial charge in [-0.25, -0.2) is 0 Å². The van der Waals surface area contributed by atoms with Crippen molar-refractivity contribution in [1.82, 2.24) is 0 Å². The van der Waals surface area contributed by atoms with E-state index in [4.69, 9.17) is 4.74 Å². The summed E-state index contributed by atoms with van der Waals surface area (Å²) in [6, 6.07) is 0. The van der Waals surface area contributed by atoms with Crippen molar-refractivity contribution in [3.63, 3.8) is 0 Å². The minimum Gasteiger partial charge on any atom is -0.359 e. The minimum atomic E-state index is 0.192. The maximum atomic E-state index is 5.84. The van der Waals surface area contributed by atoms with Crippen LogP contribution in [0, 0.1) is 0 Å². The van der Waals surface area contributed by atoms with Crippen molar-refractivity contribution < 1.29 is 4.74 Å². The summed E-state index contributed by atoms with van der Waals surface area (Å²) in [4.78, 5) is 0. The fourth-order valence-electron chi connectivity index (χ4n) is 2.50. The molecule has 0 amide bonds. The van der Waals surface area contributed by atoms with E-state index in [-0.39, 0.29) is 12.2 Å². The molecule has 1 nitrogen and oxygen atoms in total. The van der Waals surface area contributed by atoms with Crippen molar-refractivity contribution in [3.8, 4) is 0 Å². The van der Waals surface area contributed by atoms with Gasteiger partial charge in [-0.3, -0.25) is 0 Å². The molecule has 2 aliphatic rings. The van der Waals surface area contributed by atoms with E-state index >= 15 is 0 Å². The van der Waals surface area contributed by atoms with Crippen molar-refractivity contribution in [2.45, 2.75) is 60.2 Å². The summed E-state index contributed by atoms with van der Waals surface area (Å²) >= 11 is 0. The van der Waals surface area contributed by atoms with Gasteiger partial charge < -0.3 is 4.74 Å². The molecule has 122 valence electrons. The van der Waals surface area contributed by atoms with Crippen LogP contribution in [0.1, 0.15) is 48.0 Å². The summed E-state index contributed by atoms with van der Waals surface area (Å²) in [5, 5.41) is 0. The van der Waals surface area contributed by atoms with Crippen molar-refractivity contribution in [2.75, 3.05) is 0 Å². The lowest BCUT2D eigenvalue weighted by atomic mass is 9.99. The van der Waals surface area contributed by atoms with Gasteiger partial charge in [0.15, 0.2) is 0 Å². The van der Waals surface area contributed by atoms with Crippen LogP contribution in [0.2, 0.25) is 0 Å². The zero-order chi connectivity index (χ0) is 17.1. The molecule has 2 unspecified atom stereocenters. The Balaban J connectivity index is 0.00000102. The quantitative estimate of drug-likeness (QED) is 0.553. The third-order valence-electron chi connectivity index (χ3n) is 3.41. The molecule has 0 aromatic heterocycles. The Morgan fingerprint density at radius 1 is 0.818 bits per heavy atom. The fourth-order valence-corrected chi connectivity index (χ4v) is 2.50. The molecule has 1 saturated heterocycles. The molecule has 2 atom stereocenters. The molecule has 2 rings (SSSR count). The van der Waals surface area contributed by atoms with Crippen molar-refractivity contribution in [3.05, 3.63) is 71.9 Å². The van der Waals surface area contributed by atoms with Crippen LogP contribution in [0.4, 0.5) is 0 Å². The van der Waals surface area contributed by atoms with Crippen molar-refractivity contribution in [1.29, 1.82) is 0 Å². The topological polar surface area (TPSA) is 12.5 Å². The first kappa shape index (κ1) is 20.4. The lowest BCUT2D eigenvalue weighted by Gasteiger charge is -2.08. The van der Waals surface area contributed by atoms with E-state index in [1.165, 1.54) is 22.3 Å². The summed E-state index contributed by atoms with van der Waals surface area (Å²) in [5.74, 6) is 0. The maximum absolute atomic E-state index is 5.84. The van der Waals surface area contributed by atoms with E-state index in [0.29, 0.717) is 0 Å². The number of epoxide rings is 1. The lowest BCUT2D eigenvalue weighted by molar-refractivity contribution is 0.402. The number of ether oxygens (including phenoxy) is 1. The minimum absolute atomic E-state index is 0.192. The molecule has 0 saturated carbocycles. The summed E-state index contributed by atoms with van der Waals surface area (Å²) in [6.45, 7) is 19.9. The molecule has 1 aliphatic heterocycles. The van der Waals surface area contributed by atoms with Crippen LogP contribution in [0.3, 0.4) is 0 Å². The highest BCUT2D eigenvalue weighted by molar-refractivity contribution is 5.52. The Morgan fingerprint density at radius 2 is 1.18 bits per heavy atom. The predicted molar refractivity (Wildman–Crippen MR) is 100 cm³/mol. The SMILES string of the molecule is C=CC1=C(/C=C\C)C2OC2C(/C=C\C)=C(C=C)C1.CC.CC. The predicted octanol–water partition coefficient (Wildman–Crippen LogP) is 6.33. The standard InChI is InChI=1S/C17H20O.2C2H6/c1-5-9-14-12(7-3)11-13(8-4)15(10-6-2)17-16(14)18-17;2*1-2/h5-10,16-17H,3-4,11H2,1-2H3;2*1-2H3/b9-5-,10-6-;;. The van der Waals surface area contributed by atoms with Crippen LogP contribution in [-0.2, 0) is 4.74 Å². The Morgan fingerprint density at radius 3 is 1.45 bits per heavy atom. The average Bonchev–Trinajstić information content (AvgIpc) is 3.37. The van der Waals surface area contributed by atoms with E-state index < -0.39 is 0 Å². The molecule has 1 fully saturated rings. The van der Waals surface area contributed by atoms with Crippen LogP contribution < -0.4 is 0 Å². The summed E-state index contributed by atoms with van der Waals surface area (Å²) in [5.41, 5.74) is 5.01. The Labute approximate surface area is 137 Å². The number of hydrogen-bond acceptors (Lipinski definition) is 1. The number of hydrogen-bond donors (Lipinski definition) is 0. The van der Waals surface area contributed by atoms with E-state index in [9.17, 15) is 0 Å². The summed E-state index contributed by atoms with van der Waals surface area (Å²) in [6.07, 6.45) is 13.6. The second-order valence-electron chi connectivity index (χ2n) is 4.52. The lowest BCUT2D eigenvalue weighted by Crippen LogP contribution is -1.98. The van der Waals surface area contributed by atoms with Crippen LogP contribution >= 0.6 is 0 Å². The van der Waals surface area contributed by atoms with Crippen LogP contribution in [0.15, 0.2) is 71.9 Å². The van der Waals surface area contributed by atoms with Gasteiger partial charge in [-0.1, -0.05) is 77.3 Å². The van der Waals surface area contributed by atoms with Gasteiger partial charge >= 0.3 is 0 Å². The second kappa shape index (κ2) is 11.0. The molecule has 0 radical (unpaired) electrons. The van der Waals surface area contributed by atoms with Crippen LogP contribution in [0.5, 0.6) is 0 Å². The van der Waals surface area contributed by atoms with E-state index in [1.807, 2.05) is 53.7 Å². The maximum Gasteiger partial charge on any atom is 0.114 e. The van der Waals surface area contributed by atoms with Crippen molar-refractivity contribution in [2.24, 2.45) is 0 Å². The first-order chi connectivity index (χ1) is 10.8. The summed E-state index contributed by atoms with van der Waals surface area (Å²) in [7, 11) is 0. The smallest absolute Gasteiger partial charge is 0.114 e. The highest BCUT2D eigenvalue weighted by atomic mass is 16.6. The normalized spacial score (nSPS) is 23.2. The summed E-state index contributed by atoms with van der Waals surface area (Å²) < 4.78 is 5.84. The molecule has 1 aliphatic carbocycles. The third-order valence-corrected chi connectivity index (χ3v) is 3.41. The second-order valence-corrected chi connectivity index (χ2v) is 4.52. The average molecular weight is 300 g/mol.